The van der Waals surface area contributed by atoms with E-state index in [2.05, 4.69) is 5.10 Å². The van der Waals surface area contributed by atoms with Gasteiger partial charge in [-0.25, -0.2) is 19.6 Å². The molecule has 0 radical (unpaired) electrons. The lowest BCUT2D eigenvalue weighted by atomic mass is 10.1. The summed E-state index contributed by atoms with van der Waals surface area (Å²) in [5.74, 6) is -2.07. The van der Waals surface area contributed by atoms with E-state index in [4.69, 9.17) is 4.74 Å². The van der Waals surface area contributed by atoms with Crippen LogP contribution in [0.15, 0.2) is 64.4 Å². The van der Waals surface area contributed by atoms with Crippen LogP contribution in [0.25, 0.3) is 0 Å². The van der Waals surface area contributed by atoms with E-state index >= 15 is 0 Å². The summed E-state index contributed by atoms with van der Waals surface area (Å²) in [6.45, 7) is -0.584. The van der Waals surface area contributed by atoms with Crippen molar-refractivity contribution in [1.29, 1.82) is 0 Å². The number of urea groups is 1. The predicted molar refractivity (Wildman–Crippen MR) is 127 cm³/mol. The number of carbonyl (C=O) groups excluding carboxylic acids is 4. The fourth-order valence-corrected chi connectivity index (χ4v) is 5.38. The number of nitrogens with zero attached hydrogens (tertiary/aromatic N) is 4. The highest BCUT2D eigenvalue weighted by molar-refractivity contribution is 7.12. The minimum atomic E-state index is -1.05. The van der Waals surface area contributed by atoms with Gasteiger partial charge >= 0.3 is 17.8 Å². The molecule has 5 rings (SSSR count). The topological polar surface area (TPSA) is 99.6 Å². The molecule has 9 nitrogen and oxygen atoms in total. The average Bonchev–Trinajstić information content (AvgIpc) is 3.64. The summed E-state index contributed by atoms with van der Waals surface area (Å²) in [4.78, 5) is 54.8. The van der Waals surface area contributed by atoms with Crippen molar-refractivity contribution in [2.75, 3.05) is 18.6 Å². The molecule has 1 saturated heterocycles. The lowest BCUT2D eigenvalue weighted by Crippen LogP contribution is -2.42. The molecule has 0 spiro atoms. The number of thiophene rings is 2. The highest BCUT2D eigenvalue weighted by Gasteiger charge is 2.47. The van der Waals surface area contributed by atoms with Crippen molar-refractivity contribution >= 4 is 57.8 Å². The molecular weight excluding hydrogens is 476 g/mol. The molecule has 34 heavy (non-hydrogen) atoms. The Balaban J connectivity index is 1.39. The summed E-state index contributed by atoms with van der Waals surface area (Å²) in [6.07, 6.45) is 0.519. The molecule has 0 N–H and O–H groups in total. The van der Waals surface area contributed by atoms with E-state index in [9.17, 15) is 19.2 Å². The van der Waals surface area contributed by atoms with E-state index in [1.807, 2.05) is 35.0 Å². The van der Waals surface area contributed by atoms with Crippen molar-refractivity contribution in [3.05, 3.63) is 69.0 Å². The first kappa shape index (κ1) is 22.0. The van der Waals surface area contributed by atoms with Crippen molar-refractivity contribution in [1.82, 2.24) is 9.91 Å². The molecule has 11 heteroatoms. The van der Waals surface area contributed by atoms with Crippen molar-refractivity contribution < 1.29 is 23.9 Å². The zero-order chi connectivity index (χ0) is 23.8. The third-order valence-corrected chi connectivity index (χ3v) is 7.41. The third-order valence-electron chi connectivity index (χ3n) is 5.52. The van der Waals surface area contributed by atoms with Gasteiger partial charge in [-0.3, -0.25) is 14.4 Å². The molecule has 4 heterocycles. The highest BCUT2D eigenvalue weighted by atomic mass is 32.1. The zero-order valence-corrected chi connectivity index (χ0v) is 19.5. The number of methoxy groups -OCH3 is 1. The minimum absolute atomic E-state index is 0.217. The van der Waals surface area contributed by atoms with Gasteiger partial charge in [-0.15, -0.1) is 22.7 Å². The second-order valence-corrected chi connectivity index (χ2v) is 9.44. The van der Waals surface area contributed by atoms with Crippen molar-refractivity contribution in [2.45, 2.75) is 12.5 Å². The van der Waals surface area contributed by atoms with E-state index in [1.165, 1.54) is 46.9 Å². The molecule has 2 aromatic heterocycles. The average molecular weight is 495 g/mol. The molecule has 1 atom stereocenters. The Bertz CT molecular complexity index is 1290. The number of hydrogen-bond acceptors (Lipinski definition) is 8. The van der Waals surface area contributed by atoms with Crippen LogP contribution in [0.2, 0.25) is 0 Å². The second kappa shape index (κ2) is 8.84. The first-order valence-corrected chi connectivity index (χ1v) is 12.0. The molecule has 1 aromatic carbocycles. The number of imide groups is 2. The third kappa shape index (κ3) is 3.78. The largest absolute Gasteiger partial charge is 0.497 e. The van der Waals surface area contributed by atoms with Gasteiger partial charge in [0.25, 0.3) is 5.91 Å². The Labute approximate surface area is 202 Å². The predicted octanol–water partition coefficient (Wildman–Crippen LogP) is 3.49. The van der Waals surface area contributed by atoms with Gasteiger partial charge in [0.15, 0.2) is 0 Å². The summed E-state index contributed by atoms with van der Waals surface area (Å²) in [7, 11) is 1.49. The van der Waals surface area contributed by atoms with Crippen LogP contribution in [0.4, 0.5) is 10.5 Å². The molecule has 3 aromatic rings. The maximum Gasteiger partial charge on any atom is 0.339 e. The van der Waals surface area contributed by atoms with Crippen molar-refractivity contribution in [3.63, 3.8) is 0 Å². The van der Waals surface area contributed by atoms with Crippen LogP contribution in [0.5, 0.6) is 5.75 Å². The summed E-state index contributed by atoms with van der Waals surface area (Å²) in [6, 6.07) is 12.6. The number of hydrazone groups is 1. The number of anilines is 1. The van der Waals surface area contributed by atoms with E-state index < -0.39 is 30.3 Å². The quantitative estimate of drug-likeness (QED) is 0.386. The summed E-state index contributed by atoms with van der Waals surface area (Å²) < 4.78 is 5.09. The van der Waals surface area contributed by atoms with E-state index in [0.29, 0.717) is 17.1 Å². The van der Waals surface area contributed by atoms with Crippen LogP contribution in [0, 0.1) is 0 Å². The molecule has 0 aliphatic carbocycles. The van der Waals surface area contributed by atoms with Crippen molar-refractivity contribution in [3.8, 4) is 5.75 Å². The van der Waals surface area contributed by atoms with Crippen LogP contribution in [0.1, 0.15) is 22.2 Å². The number of rotatable bonds is 6. The first-order chi connectivity index (χ1) is 16.5. The minimum Gasteiger partial charge on any atom is -0.497 e. The fourth-order valence-electron chi connectivity index (χ4n) is 3.85. The molecule has 1 fully saturated rings. The number of hydrogen-bond donors (Lipinski definition) is 0. The SMILES string of the molecule is COc1ccc(N2C(=O)C(=O)N(CC(=O)N3N=C(c4cccs4)C[C@H]3c3cccs3)C2=O)cc1. The molecule has 172 valence electrons. The maximum absolute atomic E-state index is 13.3. The smallest absolute Gasteiger partial charge is 0.339 e. The Morgan fingerprint density at radius 3 is 2.41 bits per heavy atom. The van der Waals surface area contributed by atoms with E-state index in [1.54, 1.807) is 12.1 Å². The van der Waals surface area contributed by atoms with Gasteiger partial charge in [-0.1, -0.05) is 12.1 Å². The fraction of sp³-hybridized carbons (Fsp3) is 0.174. The number of benzene rings is 1. The van der Waals surface area contributed by atoms with Crippen LogP contribution in [0.3, 0.4) is 0 Å². The summed E-state index contributed by atoms with van der Waals surface area (Å²) in [5, 5.41) is 9.70. The van der Waals surface area contributed by atoms with Gasteiger partial charge in [0.2, 0.25) is 0 Å². The first-order valence-electron chi connectivity index (χ1n) is 10.3. The Morgan fingerprint density at radius 1 is 1.03 bits per heavy atom. The van der Waals surface area contributed by atoms with E-state index in [0.717, 1.165) is 20.4 Å². The Morgan fingerprint density at radius 2 is 1.76 bits per heavy atom. The number of amides is 5. The van der Waals surface area contributed by atoms with Crippen LogP contribution in [-0.4, -0.2) is 53.0 Å². The van der Waals surface area contributed by atoms with Gasteiger partial charge in [-0.2, -0.15) is 5.10 Å². The maximum atomic E-state index is 13.3. The van der Waals surface area contributed by atoms with Crippen LogP contribution in [-0.2, 0) is 14.4 Å². The number of ether oxygens (including phenoxy) is 1. The second-order valence-electron chi connectivity index (χ2n) is 7.51. The van der Waals surface area contributed by atoms with Crippen LogP contribution >= 0.6 is 22.7 Å². The molecule has 2 aliphatic rings. The van der Waals surface area contributed by atoms with Crippen molar-refractivity contribution in [2.24, 2.45) is 5.10 Å². The molecule has 0 unspecified atom stereocenters. The lowest BCUT2D eigenvalue weighted by Gasteiger charge is -2.22. The molecule has 0 bridgehead atoms. The molecule has 5 amide bonds. The molecular formula is C23H18N4O5S2. The lowest BCUT2D eigenvalue weighted by molar-refractivity contribution is -0.142. The van der Waals surface area contributed by atoms with Gasteiger partial charge in [0.05, 0.1) is 29.4 Å². The Hall–Kier alpha value is -3.83. The normalized spacial score (nSPS) is 18.1. The molecule has 0 saturated carbocycles. The van der Waals surface area contributed by atoms with Gasteiger partial charge in [-0.05, 0) is 47.2 Å². The number of carbonyl (C=O) groups is 4. The Kier molecular flexibility index (Phi) is 5.72. The van der Waals surface area contributed by atoms with E-state index in [-0.39, 0.29) is 11.7 Å². The monoisotopic (exact) mass is 494 g/mol. The van der Waals surface area contributed by atoms with Crippen LogP contribution < -0.4 is 9.64 Å². The van der Waals surface area contributed by atoms with Gasteiger partial charge < -0.3 is 4.74 Å². The van der Waals surface area contributed by atoms with Gasteiger partial charge in [0, 0.05) is 11.3 Å². The standard InChI is InChI=1S/C23H18N4O5S2/c1-32-15-8-6-14(7-9-15)26-22(30)21(29)25(23(26)31)13-20(28)27-17(19-5-3-11-34-19)12-16(24-27)18-4-2-10-33-18/h2-11,17H,12-13H2,1H3/t17-/m0/s1. The summed E-state index contributed by atoms with van der Waals surface area (Å²) in [5.41, 5.74) is 0.978. The summed E-state index contributed by atoms with van der Waals surface area (Å²) >= 11 is 3.03. The van der Waals surface area contributed by atoms with Gasteiger partial charge in [0.1, 0.15) is 12.3 Å². The molecule has 2 aliphatic heterocycles. The zero-order valence-electron chi connectivity index (χ0n) is 17.9. The highest BCUT2D eigenvalue weighted by Crippen LogP contribution is 2.36.